The molecular formula is C15H18N2O. The number of nitrogens with one attached hydrogen (secondary N) is 2. The zero-order valence-corrected chi connectivity index (χ0v) is 10.8. The van der Waals surface area contributed by atoms with Crippen LogP contribution in [0.5, 0.6) is 0 Å². The third kappa shape index (κ3) is 2.72. The molecule has 0 bridgehead atoms. The molecule has 1 amide bonds. The molecule has 18 heavy (non-hydrogen) atoms. The molecule has 0 saturated carbocycles. The predicted octanol–water partition coefficient (Wildman–Crippen LogP) is 1.23. The van der Waals surface area contributed by atoms with E-state index in [9.17, 15) is 4.79 Å². The summed E-state index contributed by atoms with van der Waals surface area (Å²) in [6, 6.07) is 7.98. The summed E-state index contributed by atoms with van der Waals surface area (Å²) < 4.78 is 0. The average molecular weight is 242 g/mol. The van der Waals surface area contributed by atoms with Gasteiger partial charge < -0.3 is 10.6 Å². The zero-order valence-electron chi connectivity index (χ0n) is 10.8. The molecule has 0 unspecified atom stereocenters. The van der Waals surface area contributed by atoms with Gasteiger partial charge in [-0.25, -0.2) is 0 Å². The van der Waals surface area contributed by atoms with Gasteiger partial charge in [0.25, 0.3) is 0 Å². The lowest BCUT2D eigenvalue weighted by molar-refractivity contribution is -0.124. The van der Waals surface area contributed by atoms with E-state index in [1.165, 1.54) is 11.1 Å². The van der Waals surface area contributed by atoms with Crippen LogP contribution in [0, 0.1) is 12.3 Å². The Morgan fingerprint density at radius 1 is 1.44 bits per heavy atom. The molecule has 1 atom stereocenters. The van der Waals surface area contributed by atoms with Gasteiger partial charge in [0.05, 0.1) is 11.6 Å². The van der Waals surface area contributed by atoms with Crippen LogP contribution in [0.3, 0.4) is 0 Å². The Hall–Kier alpha value is -1.79. The molecule has 1 heterocycles. The van der Waals surface area contributed by atoms with E-state index in [-0.39, 0.29) is 11.9 Å². The molecule has 3 heteroatoms. The van der Waals surface area contributed by atoms with Crippen molar-refractivity contribution in [3.8, 4) is 12.3 Å². The third-order valence-electron chi connectivity index (χ3n) is 3.19. The molecule has 1 aromatic carbocycles. The normalized spacial score (nSPS) is 18.6. The third-order valence-corrected chi connectivity index (χ3v) is 3.19. The Morgan fingerprint density at radius 3 is 2.78 bits per heavy atom. The molecule has 0 radical (unpaired) electrons. The first-order chi connectivity index (χ1) is 8.52. The number of hydrogen-bond acceptors (Lipinski definition) is 2. The highest BCUT2D eigenvalue weighted by atomic mass is 16.2. The summed E-state index contributed by atoms with van der Waals surface area (Å²) >= 11 is 0. The van der Waals surface area contributed by atoms with E-state index < -0.39 is 5.54 Å². The summed E-state index contributed by atoms with van der Waals surface area (Å²) in [6.07, 6.45) is 6.09. The van der Waals surface area contributed by atoms with Crippen molar-refractivity contribution in [3.05, 3.63) is 35.4 Å². The second-order valence-corrected chi connectivity index (χ2v) is 5.16. The first-order valence-corrected chi connectivity index (χ1v) is 6.12. The van der Waals surface area contributed by atoms with Crippen molar-refractivity contribution in [1.82, 2.24) is 10.6 Å². The fraction of sp³-hybridized carbons (Fsp3) is 0.400. The maximum Gasteiger partial charge on any atom is 0.238 e. The minimum absolute atomic E-state index is 0.0348. The summed E-state index contributed by atoms with van der Waals surface area (Å²) in [5.41, 5.74) is 1.89. The summed E-state index contributed by atoms with van der Waals surface area (Å²) in [5.74, 6) is 2.54. The number of carbonyl (C=O) groups excluding carboxylic acids is 1. The highest BCUT2D eigenvalue weighted by Crippen LogP contribution is 2.16. The van der Waals surface area contributed by atoms with Gasteiger partial charge in [0, 0.05) is 6.54 Å². The van der Waals surface area contributed by atoms with Gasteiger partial charge in [0.1, 0.15) is 0 Å². The van der Waals surface area contributed by atoms with E-state index in [1.807, 2.05) is 26.0 Å². The van der Waals surface area contributed by atoms with Crippen molar-refractivity contribution in [1.29, 1.82) is 0 Å². The number of rotatable bonds is 2. The van der Waals surface area contributed by atoms with Crippen LogP contribution in [0.4, 0.5) is 0 Å². The van der Waals surface area contributed by atoms with E-state index in [0.717, 1.165) is 6.54 Å². The van der Waals surface area contributed by atoms with Gasteiger partial charge in [-0.05, 0) is 31.4 Å². The van der Waals surface area contributed by atoms with Crippen LogP contribution in [0.15, 0.2) is 24.3 Å². The van der Waals surface area contributed by atoms with Crippen LogP contribution in [0.2, 0.25) is 0 Å². The van der Waals surface area contributed by atoms with Crippen LogP contribution in [0.25, 0.3) is 0 Å². The second kappa shape index (κ2) is 4.83. The van der Waals surface area contributed by atoms with Crippen LogP contribution in [-0.4, -0.2) is 17.5 Å². The van der Waals surface area contributed by atoms with E-state index in [0.29, 0.717) is 6.42 Å². The van der Waals surface area contributed by atoms with Crippen LogP contribution in [-0.2, 0) is 17.8 Å². The minimum atomic E-state index is -0.601. The summed E-state index contributed by atoms with van der Waals surface area (Å²) in [5, 5.41) is 6.11. The van der Waals surface area contributed by atoms with Crippen molar-refractivity contribution in [3.63, 3.8) is 0 Å². The molecule has 0 aromatic heterocycles. The van der Waals surface area contributed by atoms with E-state index in [1.54, 1.807) is 0 Å². The Balaban J connectivity index is 2.06. The van der Waals surface area contributed by atoms with Gasteiger partial charge in [-0.15, -0.1) is 6.42 Å². The lowest BCUT2D eigenvalue weighted by Gasteiger charge is -2.28. The van der Waals surface area contributed by atoms with Gasteiger partial charge >= 0.3 is 0 Å². The van der Waals surface area contributed by atoms with Crippen molar-refractivity contribution in [2.75, 3.05) is 0 Å². The SMILES string of the molecule is C#CC(C)(C)NC(=O)[C@H]1Cc2ccccc2CN1. The molecular weight excluding hydrogens is 224 g/mol. The summed E-state index contributed by atoms with van der Waals surface area (Å²) in [4.78, 5) is 12.1. The van der Waals surface area contributed by atoms with E-state index in [2.05, 4.69) is 28.7 Å². The molecule has 94 valence electrons. The van der Waals surface area contributed by atoms with Crippen molar-refractivity contribution < 1.29 is 4.79 Å². The first kappa shape index (κ1) is 12.7. The molecule has 1 aliphatic rings. The topological polar surface area (TPSA) is 41.1 Å². The molecule has 3 nitrogen and oxygen atoms in total. The van der Waals surface area contributed by atoms with Gasteiger partial charge in [0.2, 0.25) is 5.91 Å². The number of carbonyl (C=O) groups is 1. The van der Waals surface area contributed by atoms with Crippen molar-refractivity contribution in [2.24, 2.45) is 0 Å². The summed E-state index contributed by atoms with van der Waals surface area (Å²) in [7, 11) is 0. The van der Waals surface area contributed by atoms with Crippen molar-refractivity contribution >= 4 is 5.91 Å². The van der Waals surface area contributed by atoms with Gasteiger partial charge in [0.15, 0.2) is 0 Å². The quantitative estimate of drug-likeness (QED) is 0.766. The monoisotopic (exact) mass is 242 g/mol. The van der Waals surface area contributed by atoms with E-state index >= 15 is 0 Å². The second-order valence-electron chi connectivity index (χ2n) is 5.16. The Morgan fingerprint density at radius 2 is 2.11 bits per heavy atom. The van der Waals surface area contributed by atoms with Gasteiger partial charge in [-0.2, -0.15) is 0 Å². The maximum atomic E-state index is 12.1. The number of terminal acetylenes is 1. The maximum absolute atomic E-state index is 12.1. The Labute approximate surface area is 108 Å². The smallest absolute Gasteiger partial charge is 0.238 e. The Kier molecular flexibility index (Phi) is 3.40. The predicted molar refractivity (Wildman–Crippen MR) is 71.8 cm³/mol. The first-order valence-electron chi connectivity index (χ1n) is 6.12. The molecule has 0 saturated heterocycles. The van der Waals surface area contributed by atoms with Gasteiger partial charge in [-0.3, -0.25) is 4.79 Å². The van der Waals surface area contributed by atoms with Gasteiger partial charge in [-0.1, -0.05) is 30.2 Å². The fourth-order valence-electron chi connectivity index (χ4n) is 2.07. The number of amides is 1. The largest absolute Gasteiger partial charge is 0.339 e. The molecule has 2 N–H and O–H groups in total. The lowest BCUT2D eigenvalue weighted by atomic mass is 9.95. The van der Waals surface area contributed by atoms with E-state index in [4.69, 9.17) is 6.42 Å². The number of benzene rings is 1. The Bertz CT molecular complexity index is 499. The standard InChI is InChI=1S/C15H18N2O/c1-4-15(2,3)17-14(18)13-9-11-7-5-6-8-12(11)10-16-13/h1,5-8,13,16H,9-10H2,2-3H3,(H,17,18)/t13-/m1/s1. The highest BCUT2D eigenvalue weighted by molar-refractivity contribution is 5.83. The molecule has 0 spiro atoms. The van der Waals surface area contributed by atoms with Crippen LogP contribution < -0.4 is 10.6 Å². The van der Waals surface area contributed by atoms with Crippen LogP contribution >= 0.6 is 0 Å². The zero-order chi connectivity index (χ0) is 13.2. The molecule has 0 fully saturated rings. The number of fused-ring (bicyclic) bond motifs is 1. The average Bonchev–Trinajstić information content (AvgIpc) is 2.37. The van der Waals surface area contributed by atoms with Crippen LogP contribution in [0.1, 0.15) is 25.0 Å². The van der Waals surface area contributed by atoms with Crippen molar-refractivity contribution in [2.45, 2.75) is 38.4 Å². The highest BCUT2D eigenvalue weighted by Gasteiger charge is 2.27. The minimum Gasteiger partial charge on any atom is -0.339 e. The lowest BCUT2D eigenvalue weighted by Crippen LogP contribution is -2.53. The summed E-state index contributed by atoms with van der Waals surface area (Å²) in [6.45, 7) is 4.37. The molecule has 1 aliphatic heterocycles. The molecule has 1 aromatic rings. The molecule has 2 rings (SSSR count). The number of hydrogen-bond donors (Lipinski definition) is 2. The molecule has 0 aliphatic carbocycles. The fourth-order valence-corrected chi connectivity index (χ4v) is 2.07.